The molecule has 4 nitrogen and oxygen atoms in total. The molecule has 0 saturated carbocycles. The van der Waals surface area contributed by atoms with Crippen LogP contribution in [-0.2, 0) is 9.84 Å². The number of carbonyl (C=O) groups is 1. The molecule has 1 amide bonds. The van der Waals surface area contributed by atoms with Crippen molar-refractivity contribution in [3.05, 3.63) is 58.9 Å². The minimum absolute atomic E-state index is 0.0300. The molecule has 0 heterocycles. The van der Waals surface area contributed by atoms with E-state index in [2.05, 4.69) is 5.32 Å². The summed E-state index contributed by atoms with van der Waals surface area (Å²) in [6.45, 7) is 0. The van der Waals surface area contributed by atoms with Crippen LogP contribution in [0.15, 0.2) is 47.4 Å². The smallest absolute Gasteiger partial charge is 0.319 e. The molecule has 2 aromatic carbocycles. The largest absolute Gasteiger partial charge is 0.341 e. The van der Waals surface area contributed by atoms with E-state index in [9.17, 15) is 26.4 Å². The summed E-state index contributed by atoms with van der Waals surface area (Å²) in [6, 6.07) is 7.88. The lowest BCUT2D eigenvalue weighted by molar-refractivity contribution is 0.102. The van der Waals surface area contributed by atoms with E-state index in [0.717, 1.165) is 24.3 Å². The Labute approximate surface area is 134 Å². The van der Waals surface area contributed by atoms with E-state index in [1.807, 2.05) is 0 Å². The van der Waals surface area contributed by atoms with Crippen LogP contribution in [0.5, 0.6) is 0 Å². The second-order valence-corrected chi connectivity index (χ2v) is 6.71. The van der Waals surface area contributed by atoms with Crippen molar-refractivity contribution >= 4 is 33.0 Å². The molecule has 0 unspecified atom stereocenters. The maximum absolute atomic E-state index is 13.7. The van der Waals surface area contributed by atoms with Gasteiger partial charge in [-0.2, -0.15) is 8.78 Å². The molecule has 2 rings (SSSR count). The van der Waals surface area contributed by atoms with E-state index in [-0.39, 0.29) is 16.3 Å². The van der Waals surface area contributed by atoms with Crippen LogP contribution in [0.25, 0.3) is 0 Å². The van der Waals surface area contributed by atoms with Crippen molar-refractivity contribution in [3.8, 4) is 0 Å². The predicted molar refractivity (Wildman–Crippen MR) is 79.0 cm³/mol. The number of halogens is 4. The SMILES string of the molecule is O=C(Nc1cccc(Cl)c1F)c1ccc(S(=O)(=O)C(F)F)cc1. The van der Waals surface area contributed by atoms with Crippen molar-refractivity contribution in [1.82, 2.24) is 0 Å². The number of hydrogen-bond acceptors (Lipinski definition) is 3. The first kappa shape index (κ1) is 17.3. The van der Waals surface area contributed by atoms with E-state index in [0.29, 0.717) is 0 Å². The molecular weight excluding hydrogens is 355 g/mol. The van der Waals surface area contributed by atoms with E-state index in [4.69, 9.17) is 11.6 Å². The summed E-state index contributed by atoms with van der Waals surface area (Å²) in [7, 11) is -4.73. The lowest BCUT2D eigenvalue weighted by Crippen LogP contribution is -2.14. The number of carbonyl (C=O) groups excluding carboxylic acids is 1. The van der Waals surface area contributed by atoms with Crippen molar-refractivity contribution < 1.29 is 26.4 Å². The van der Waals surface area contributed by atoms with Crippen LogP contribution in [-0.4, -0.2) is 20.1 Å². The van der Waals surface area contributed by atoms with Gasteiger partial charge in [-0.25, -0.2) is 12.8 Å². The van der Waals surface area contributed by atoms with Gasteiger partial charge in [0, 0.05) is 5.56 Å². The fraction of sp³-hybridized carbons (Fsp3) is 0.0714. The van der Waals surface area contributed by atoms with Gasteiger partial charge in [-0.1, -0.05) is 17.7 Å². The molecule has 23 heavy (non-hydrogen) atoms. The Morgan fingerprint density at radius 3 is 2.26 bits per heavy atom. The Kier molecular flexibility index (Phi) is 4.96. The standard InChI is InChI=1S/C14H9ClF3NO3S/c15-10-2-1-3-11(12(10)16)19-13(20)8-4-6-9(7-5-8)23(21,22)14(17)18/h1-7,14H,(H,19,20). The van der Waals surface area contributed by atoms with E-state index in [1.165, 1.54) is 18.2 Å². The number of hydrogen-bond donors (Lipinski definition) is 1. The molecule has 0 aliphatic rings. The molecule has 9 heteroatoms. The van der Waals surface area contributed by atoms with E-state index < -0.39 is 32.2 Å². The van der Waals surface area contributed by atoms with Crippen LogP contribution < -0.4 is 5.32 Å². The zero-order valence-electron chi connectivity index (χ0n) is 11.3. The molecule has 0 bridgehead atoms. The van der Waals surface area contributed by atoms with Gasteiger partial charge < -0.3 is 5.32 Å². The highest BCUT2D eigenvalue weighted by molar-refractivity contribution is 7.91. The molecular formula is C14H9ClF3NO3S. The molecule has 0 fully saturated rings. The summed E-state index contributed by atoms with van der Waals surface area (Å²) in [5.41, 5.74) is -0.190. The monoisotopic (exact) mass is 363 g/mol. The van der Waals surface area contributed by atoms with Gasteiger partial charge >= 0.3 is 5.76 Å². The zero-order chi connectivity index (χ0) is 17.2. The zero-order valence-corrected chi connectivity index (χ0v) is 12.8. The van der Waals surface area contributed by atoms with Crippen molar-refractivity contribution in [2.75, 3.05) is 5.32 Å². The fourth-order valence-electron chi connectivity index (χ4n) is 1.69. The summed E-state index contributed by atoms with van der Waals surface area (Å²) in [4.78, 5) is 11.3. The van der Waals surface area contributed by atoms with Gasteiger partial charge in [0.05, 0.1) is 15.6 Å². The first-order chi connectivity index (χ1) is 10.7. The highest BCUT2D eigenvalue weighted by Gasteiger charge is 2.26. The Morgan fingerprint density at radius 2 is 1.70 bits per heavy atom. The number of amides is 1. The van der Waals surface area contributed by atoms with Crippen molar-refractivity contribution in [2.45, 2.75) is 10.7 Å². The molecule has 2 aromatic rings. The molecule has 0 aliphatic carbocycles. The van der Waals surface area contributed by atoms with Gasteiger partial charge in [-0.3, -0.25) is 4.79 Å². The topological polar surface area (TPSA) is 63.2 Å². The van der Waals surface area contributed by atoms with Crippen molar-refractivity contribution in [3.63, 3.8) is 0 Å². The molecule has 0 saturated heterocycles. The van der Waals surface area contributed by atoms with E-state index >= 15 is 0 Å². The highest BCUT2D eigenvalue weighted by atomic mass is 35.5. The highest BCUT2D eigenvalue weighted by Crippen LogP contribution is 2.23. The third kappa shape index (κ3) is 3.65. The number of sulfone groups is 1. The number of anilines is 1. The summed E-state index contributed by atoms with van der Waals surface area (Å²) >= 11 is 5.58. The lowest BCUT2D eigenvalue weighted by Gasteiger charge is -2.08. The van der Waals surface area contributed by atoms with Crippen LogP contribution in [0.1, 0.15) is 10.4 Å². The summed E-state index contributed by atoms with van der Waals surface area (Å²) in [5.74, 6) is -5.12. The van der Waals surface area contributed by atoms with E-state index in [1.54, 1.807) is 0 Å². The minimum Gasteiger partial charge on any atom is -0.319 e. The Balaban J connectivity index is 2.23. The third-order valence-corrected chi connectivity index (χ3v) is 4.57. The van der Waals surface area contributed by atoms with Crippen LogP contribution in [0.4, 0.5) is 18.9 Å². The van der Waals surface area contributed by atoms with Crippen LogP contribution in [0, 0.1) is 5.82 Å². The van der Waals surface area contributed by atoms with Gasteiger partial charge in [0.15, 0.2) is 5.82 Å². The average molecular weight is 364 g/mol. The Hall–Kier alpha value is -2.06. The lowest BCUT2D eigenvalue weighted by atomic mass is 10.2. The van der Waals surface area contributed by atoms with Gasteiger partial charge in [0.1, 0.15) is 0 Å². The quantitative estimate of drug-likeness (QED) is 0.900. The number of rotatable bonds is 4. The van der Waals surface area contributed by atoms with Crippen LogP contribution in [0.3, 0.4) is 0 Å². The minimum atomic E-state index is -4.73. The predicted octanol–water partition coefficient (Wildman–Crippen LogP) is 3.73. The molecule has 0 spiro atoms. The molecule has 0 aliphatic heterocycles. The first-order valence-corrected chi connectivity index (χ1v) is 8.03. The Morgan fingerprint density at radius 1 is 1.09 bits per heavy atom. The molecule has 0 radical (unpaired) electrons. The second kappa shape index (κ2) is 6.59. The summed E-state index contributed by atoms with van der Waals surface area (Å²) in [6.07, 6.45) is 0. The van der Waals surface area contributed by atoms with Gasteiger partial charge in [0.2, 0.25) is 9.84 Å². The average Bonchev–Trinajstić information content (AvgIpc) is 2.51. The molecule has 0 aromatic heterocycles. The summed E-state index contributed by atoms with van der Waals surface area (Å²) in [5, 5.41) is 2.07. The van der Waals surface area contributed by atoms with Gasteiger partial charge in [-0.05, 0) is 36.4 Å². The molecule has 122 valence electrons. The number of benzene rings is 2. The normalized spacial score (nSPS) is 11.5. The van der Waals surface area contributed by atoms with Crippen LogP contribution in [0.2, 0.25) is 5.02 Å². The maximum Gasteiger partial charge on any atom is 0.341 e. The molecule has 0 atom stereocenters. The number of alkyl halides is 2. The third-order valence-electron chi connectivity index (χ3n) is 2.88. The van der Waals surface area contributed by atoms with Gasteiger partial charge in [-0.15, -0.1) is 0 Å². The Bertz CT molecular complexity index is 839. The second-order valence-electron chi connectivity index (χ2n) is 4.39. The maximum atomic E-state index is 13.7. The number of nitrogens with one attached hydrogen (secondary N) is 1. The van der Waals surface area contributed by atoms with Gasteiger partial charge in [0.25, 0.3) is 5.91 Å². The van der Waals surface area contributed by atoms with Crippen molar-refractivity contribution in [2.24, 2.45) is 0 Å². The fourth-order valence-corrected chi connectivity index (χ4v) is 2.59. The van der Waals surface area contributed by atoms with Crippen LogP contribution >= 0.6 is 11.6 Å². The molecule has 1 N–H and O–H groups in total. The van der Waals surface area contributed by atoms with Crippen molar-refractivity contribution in [1.29, 1.82) is 0 Å². The first-order valence-electron chi connectivity index (χ1n) is 6.11. The summed E-state index contributed by atoms with van der Waals surface area (Å²) < 4.78 is 61.0.